The van der Waals surface area contributed by atoms with Crippen LogP contribution in [-0.4, -0.2) is 28.7 Å². The fourth-order valence-electron chi connectivity index (χ4n) is 3.30. The number of carbonyl (C=O) groups excluding carboxylic acids is 1. The number of ether oxygens (including phenoxy) is 2. The normalized spacial score (nSPS) is 11.1. The summed E-state index contributed by atoms with van der Waals surface area (Å²) in [4.78, 5) is 22.0. The molecule has 0 aliphatic rings. The molecule has 2 heterocycles. The van der Waals surface area contributed by atoms with Gasteiger partial charge in [-0.3, -0.25) is 4.79 Å². The lowest BCUT2D eigenvalue weighted by Gasteiger charge is -2.13. The Morgan fingerprint density at radius 1 is 1.21 bits per heavy atom. The molecular weight excluding hydrogens is 474 g/mol. The van der Waals surface area contributed by atoms with Crippen LogP contribution in [0.1, 0.15) is 33.3 Å². The summed E-state index contributed by atoms with van der Waals surface area (Å²) in [7, 11) is 0. The molecule has 34 heavy (non-hydrogen) atoms. The third kappa shape index (κ3) is 5.11. The predicted octanol–water partition coefficient (Wildman–Crippen LogP) is 4.98. The number of hydrogen-bond donors (Lipinski definition) is 2. The molecule has 3 N–H and O–H groups in total. The van der Waals surface area contributed by atoms with E-state index in [4.69, 9.17) is 26.8 Å². The SMILES string of the molecule is CCOc1cc(/C=N\NC(=O)c2sc3ncnc(N)c3c2C)ccc1OCc1ccccc1Cl. The standard InChI is InChI=1S/C24H22ClN5O3S/c1-3-32-19-10-15(8-9-18(19)33-12-16-6-4-5-7-17(16)25)11-29-30-23(31)21-14(2)20-22(26)27-13-28-24(20)34-21/h4-11,13H,3,12H2,1-2H3,(H,30,31)(H2,26,27,28)/b29-11-. The second kappa shape index (κ2) is 10.5. The number of nitrogens with one attached hydrogen (secondary N) is 1. The molecule has 174 valence electrons. The van der Waals surface area contributed by atoms with Crippen LogP contribution in [-0.2, 0) is 6.61 Å². The van der Waals surface area contributed by atoms with E-state index in [1.807, 2.05) is 44.2 Å². The quantitative estimate of drug-likeness (QED) is 0.263. The van der Waals surface area contributed by atoms with Crippen molar-refractivity contribution in [2.24, 2.45) is 5.10 Å². The van der Waals surface area contributed by atoms with Crippen LogP contribution in [0.3, 0.4) is 0 Å². The third-order valence-corrected chi connectivity index (χ3v) is 6.52. The Balaban J connectivity index is 1.46. The third-order valence-electron chi connectivity index (χ3n) is 4.95. The van der Waals surface area contributed by atoms with E-state index in [1.165, 1.54) is 23.9 Å². The van der Waals surface area contributed by atoms with Crippen molar-refractivity contribution >= 4 is 51.1 Å². The zero-order chi connectivity index (χ0) is 24.1. The van der Waals surface area contributed by atoms with Gasteiger partial charge >= 0.3 is 0 Å². The highest BCUT2D eigenvalue weighted by Crippen LogP contribution is 2.32. The summed E-state index contributed by atoms with van der Waals surface area (Å²) in [6.45, 7) is 4.49. The molecule has 0 spiro atoms. The minimum Gasteiger partial charge on any atom is -0.490 e. The fourth-order valence-corrected chi connectivity index (χ4v) is 4.53. The molecule has 0 fully saturated rings. The number of amides is 1. The van der Waals surface area contributed by atoms with Gasteiger partial charge in [0.2, 0.25) is 0 Å². The van der Waals surface area contributed by atoms with Gasteiger partial charge in [-0.2, -0.15) is 5.10 Å². The summed E-state index contributed by atoms with van der Waals surface area (Å²) in [5, 5.41) is 5.42. The number of nitrogens with zero attached hydrogens (tertiary/aromatic N) is 3. The van der Waals surface area contributed by atoms with Gasteiger partial charge in [-0.05, 0) is 49.2 Å². The molecule has 2 aromatic heterocycles. The maximum Gasteiger partial charge on any atom is 0.281 e. The van der Waals surface area contributed by atoms with Crippen LogP contribution < -0.4 is 20.6 Å². The van der Waals surface area contributed by atoms with Crippen LogP contribution in [0.15, 0.2) is 53.9 Å². The number of aromatic nitrogens is 2. The summed E-state index contributed by atoms with van der Waals surface area (Å²) in [5.74, 6) is 1.16. The van der Waals surface area contributed by atoms with E-state index in [2.05, 4.69) is 20.5 Å². The van der Waals surface area contributed by atoms with E-state index in [0.29, 0.717) is 50.6 Å². The van der Waals surface area contributed by atoms with E-state index >= 15 is 0 Å². The average Bonchev–Trinajstić information content (AvgIpc) is 3.17. The Morgan fingerprint density at radius 3 is 2.79 bits per heavy atom. The highest BCUT2D eigenvalue weighted by molar-refractivity contribution is 7.20. The average molecular weight is 496 g/mol. The van der Waals surface area contributed by atoms with Crippen LogP contribution in [0.4, 0.5) is 5.82 Å². The molecule has 1 amide bonds. The molecule has 0 aliphatic carbocycles. The molecular formula is C24H22ClN5O3S. The first-order valence-corrected chi connectivity index (χ1v) is 11.6. The van der Waals surface area contributed by atoms with E-state index in [-0.39, 0.29) is 5.91 Å². The lowest BCUT2D eigenvalue weighted by atomic mass is 10.2. The highest BCUT2D eigenvalue weighted by Gasteiger charge is 2.18. The van der Waals surface area contributed by atoms with Gasteiger partial charge in [0.05, 0.1) is 23.1 Å². The number of benzene rings is 2. The predicted molar refractivity (Wildman–Crippen MR) is 135 cm³/mol. The number of rotatable bonds is 8. The molecule has 0 atom stereocenters. The van der Waals surface area contributed by atoms with Crippen LogP contribution in [0, 0.1) is 6.92 Å². The number of fused-ring (bicyclic) bond motifs is 1. The first-order chi connectivity index (χ1) is 16.5. The van der Waals surface area contributed by atoms with Gasteiger partial charge in [0.15, 0.2) is 11.5 Å². The smallest absolute Gasteiger partial charge is 0.281 e. The van der Waals surface area contributed by atoms with Crippen molar-refractivity contribution in [3.05, 3.63) is 75.4 Å². The Labute approximate surface area is 205 Å². The van der Waals surface area contributed by atoms with Gasteiger partial charge in [0.25, 0.3) is 5.91 Å². The number of carbonyl (C=O) groups is 1. The van der Waals surface area contributed by atoms with Gasteiger partial charge in [-0.15, -0.1) is 11.3 Å². The Morgan fingerprint density at radius 2 is 2.03 bits per heavy atom. The number of thiophene rings is 1. The molecule has 10 heteroatoms. The summed E-state index contributed by atoms with van der Waals surface area (Å²) in [5.41, 5.74) is 10.8. The second-order valence-electron chi connectivity index (χ2n) is 7.21. The summed E-state index contributed by atoms with van der Waals surface area (Å²) >= 11 is 7.45. The molecule has 0 saturated carbocycles. The van der Waals surface area contributed by atoms with Gasteiger partial charge in [-0.25, -0.2) is 15.4 Å². The summed E-state index contributed by atoms with van der Waals surface area (Å²) in [6.07, 6.45) is 2.92. The zero-order valence-electron chi connectivity index (χ0n) is 18.5. The van der Waals surface area contributed by atoms with E-state index < -0.39 is 0 Å². The number of hydrazone groups is 1. The highest BCUT2D eigenvalue weighted by atomic mass is 35.5. The van der Waals surface area contributed by atoms with Gasteiger partial charge in [0, 0.05) is 10.6 Å². The van der Waals surface area contributed by atoms with Crippen LogP contribution in [0.2, 0.25) is 5.02 Å². The van der Waals surface area contributed by atoms with Gasteiger partial charge < -0.3 is 15.2 Å². The largest absolute Gasteiger partial charge is 0.490 e. The molecule has 4 rings (SSSR count). The number of hydrogen-bond acceptors (Lipinski definition) is 8. The van der Waals surface area contributed by atoms with Crippen molar-refractivity contribution in [2.75, 3.05) is 12.3 Å². The van der Waals surface area contributed by atoms with E-state index in [1.54, 1.807) is 12.1 Å². The first-order valence-electron chi connectivity index (χ1n) is 10.4. The molecule has 2 aromatic carbocycles. The molecule has 4 aromatic rings. The van der Waals surface area contributed by atoms with E-state index in [9.17, 15) is 4.79 Å². The summed E-state index contributed by atoms with van der Waals surface area (Å²) in [6, 6.07) is 12.9. The van der Waals surface area contributed by atoms with Crippen molar-refractivity contribution in [3.8, 4) is 11.5 Å². The zero-order valence-corrected chi connectivity index (χ0v) is 20.1. The van der Waals surface area contributed by atoms with Gasteiger partial charge in [-0.1, -0.05) is 29.8 Å². The van der Waals surface area contributed by atoms with E-state index in [0.717, 1.165) is 16.7 Å². The van der Waals surface area contributed by atoms with Gasteiger partial charge in [0.1, 0.15) is 23.6 Å². The van der Waals surface area contributed by atoms with Crippen molar-refractivity contribution in [1.82, 2.24) is 15.4 Å². The molecule has 8 nitrogen and oxygen atoms in total. The fraction of sp³-hybridized carbons (Fsp3) is 0.167. The molecule has 0 saturated heterocycles. The van der Waals surface area contributed by atoms with Crippen molar-refractivity contribution in [3.63, 3.8) is 0 Å². The monoisotopic (exact) mass is 495 g/mol. The molecule has 0 unspecified atom stereocenters. The minimum atomic E-state index is -0.346. The topological polar surface area (TPSA) is 112 Å². The summed E-state index contributed by atoms with van der Waals surface area (Å²) < 4.78 is 11.6. The molecule has 0 bridgehead atoms. The minimum absolute atomic E-state index is 0.312. The number of halogens is 1. The Hall–Kier alpha value is -3.69. The molecule has 0 radical (unpaired) electrons. The maximum absolute atomic E-state index is 12.6. The lowest BCUT2D eigenvalue weighted by molar-refractivity contribution is 0.0958. The Bertz CT molecular complexity index is 1370. The van der Waals surface area contributed by atoms with Crippen molar-refractivity contribution < 1.29 is 14.3 Å². The van der Waals surface area contributed by atoms with Crippen molar-refractivity contribution in [2.45, 2.75) is 20.5 Å². The van der Waals surface area contributed by atoms with Crippen LogP contribution >= 0.6 is 22.9 Å². The molecule has 0 aliphatic heterocycles. The van der Waals surface area contributed by atoms with Crippen LogP contribution in [0.5, 0.6) is 11.5 Å². The number of nitrogens with two attached hydrogens (primary N) is 1. The van der Waals surface area contributed by atoms with Crippen molar-refractivity contribution in [1.29, 1.82) is 0 Å². The number of aryl methyl sites for hydroxylation is 1. The lowest BCUT2D eigenvalue weighted by Crippen LogP contribution is -2.17. The second-order valence-corrected chi connectivity index (χ2v) is 8.62. The number of anilines is 1. The van der Waals surface area contributed by atoms with Crippen LogP contribution in [0.25, 0.3) is 10.2 Å². The Kier molecular flexibility index (Phi) is 7.24. The maximum atomic E-state index is 12.6. The number of nitrogen functional groups attached to an aromatic ring is 1. The first kappa shape index (κ1) is 23.5.